The maximum atomic E-state index is 11.9. The Kier molecular flexibility index (Phi) is 3.50. The van der Waals surface area contributed by atoms with E-state index in [9.17, 15) is 14.7 Å². The van der Waals surface area contributed by atoms with Crippen molar-refractivity contribution in [3.8, 4) is 0 Å². The minimum atomic E-state index is -0.961. The van der Waals surface area contributed by atoms with Crippen molar-refractivity contribution in [1.29, 1.82) is 0 Å². The van der Waals surface area contributed by atoms with Crippen LogP contribution in [0.4, 0.5) is 0 Å². The highest BCUT2D eigenvalue weighted by Gasteiger charge is 2.57. The summed E-state index contributed by atoms with van der Waals surface area (Å²) in [5, 5.41) is 9.33. The van der Waals surface area contributed by atoms with Crippen molar-refractivity contribution in [2.24, 2.45) is 17.3 Å². The lowest BCUT2D eigenvalue weighted by molar-refractivity contribution is -0.160. The highest BCUT2D eigenvalue weighted by molar-refractivity contribution is 5.99. The second-order valence-corrected chi connectivity index (χ2v) is 7.19. The molecule has 2 aliphatic carbocycles. The zero-order chi connectivity index (χ0) is 14.4. The van der Waals surface area contributed by atoms with Crippen LogP contribution in [0.25, 0.3) is 0 Å². The van der Waals surface area contributed by atoms with Crippen LogP contribution in [0, 0.1) is 17.3 Å². The number of aliphatic carboxylic acids is 1. The van der Waals surface area contributed by atoms with Gasteiger partial charge in [0, 0.05) is 6.42 Å². The number of carboxylic acids is 1. The van der Waals surface area contributed by atoms with Crippen molar-refractivity contribution in [2.45, 2.75) is 65.1 Å². The number of hydrogen-bond acceptors (Lipinski definition) is 3. The summed E-state index contributed by atoms with van der Waals surface area (Å²) in [4.78, 5) is 23.3. The zero-order valence-electron chi connectivity index (χ0n) is 12.2. The maximum Gasteiger partial charge on any atom is 0.314 e. The minimum Gasteiger partial charge on any atom is -0.481 e. The molecule has 0 aromatic rings. The first-order valence-corrected chi connectivity index (χ1v) is 7.08. The van der Waals surface area contributed by atoms with E-state index >= 15 is 0 Å². The van der Waals surface area contributed by atoms with E-state index in [0.29, 0.717) is 6.42 Å². The lowest BCUT2D eigenvalue weighted by Gasteiger charge is -2.44. The molecule has 4 atom stereocenters. The SMILES string of the molecule is CC(C)(C)OC1CCC2C(C(=O)O)C(=O)CCC12C. The van der Waals surface area contributed by atoms with Gasteiger partial charge in [-0.25, -0.2) is 0 Å². The van der Waals surface area contributed by atoms with Crippen LogP contribution in [0.1, 0.15) is 53.4 Å². The number of fused-ring (bicyclic) bond motifs is 1. The van der Waals surface area contributed by atoms with Gasteiger partial charge < -0.3 is 9.84 Å². The van der Waals surface area contributed by atoms with Crippen LogP contribution >= 0.6 is 0 Å². The molecular formula is C15H24O4. The Morgan fingerprint density at radius 2 is 2.00 bits per heavy atom. The van der Waals surface area contributed by atoms with Gasteiger partial charge in [0.05, 0.1) is 11.7 Å². The number of carboxylic acid groups (broad SMARTS) is 1. The molecule has 0 aromatic heterocycles. The predicted molar refractivity (Wildman–Crippen MR) is 70.8 cm³/mol. The third-order valence-corrected chi connectivity index (χ3v) is 4.74. The Labute approximate surface area is 114 Å². The number of Topliss-reactive ketones (excluding diaryl/α,β-unsaturated/α-hetero) is 1. The van der Waals surface area contributed by atoms with Crippen molar-refractivity contribution in [2.75, 3.05) is 0 Å². The van der Waals surface area contributed by atoms with E-state index in [0.717, 1.165) is 19.3 Å². The molecule has 4 unspecified atom stereocenters. The van der Waals surface area contributed by atoms with Gasteiger partial charge in [-0.1, -0.05) is 6.92 Å². The van der Waals surface area contributed by atoms with Crippen LogP contribution in [-0.2, 0) is 14.3 Å². The van der Waals surface area contributed by atoms with E-state index in [1.807, 2.05) is 20.8 Å². The summed E-state index contributed by atoms with van der Waals surface area (Å²) < 4.78 is 6.13. The maximum absolute atomic E-state index is 11.9. The van der Waals surface area contributed by atoms with E-state index in [1.54, 1.807) is 0 Å². The smallest absolute Gasteiger partial charge is 0.314 e. The third-order valence-electron chi connectivity index (χ3n) is 4.74. The molecule has 0 saturated heterocycles. The fraction of sp³-hybridized carbons (Fsp3) is 0.867. The highest BCUT2D eigenvalue weighted by Crippen LogP contribution is 2.55. The summed E-state index contributed by atoms with van der Waals surface area (Å²) in [7, 11) is 0. The van der Waals surface area contributed by atoms with Gasteiger partial charge in [0.1, 0.15) is 11.7 Å². The van der Waals surface area contributed by atoms with Crippen molar-refractivity contribution >= 4 is 11.8 Å². The molecule has 2 saturated carbocycles. The number of carbonyl (C=O) groups is 2. The molecule has 0 amide bonds. The fourth-order valence-electron chi connectivity index (χ4n) is 3.83. The van der Waals surface area contributed by atoms with Gasteiger partial charge in [-0.3, -0.25) is 9.59 Å². The lowest BCUT2D eigenvalue weighted by Crippen LogP contribution is -2.48. The van der Waals surface area contributed by atoms with E-state index in [1.165, 1.54) is 0 Å². The summed E-state index contributed by atoms with van der Waals surface area (Å²) >= 11 is 0. The fourth-order valence-corrected chi connectivity index (χ4v) is 3.83. The molecule has 0 aliphatic heterocycles. The number of carbonyl (C=O) groups excluding carboxylic acids is 1. The largest absolute Gasteiger partial charge is 0.481 e. The predicted octanol–water partition coefficient (Wildman–Crippen LogP) is 2.65. The number of hydrogen-bond donors (Lipinski definition) is 1. The van der Waals surface area contributed by atoms with E-state index in [4.69, 9.17) is 4.74 Å². The second-order valence-electron chi connectivity index (χ2n) is 7.19. The molecular weight excluding hydrogens is 244 g/mol. The standard InChI is InChI=1S/C15H24O4/c1-14(2,3)19-11-6-5-9-12(13(17)18)10(16)7-8-15(9,11)4/h9,11-12H,5-8H2,1-4H3,(H,17,18). The van der Waals surface area contributed by atoms with E-state index in [2.05, 4.69) is 6.92 Å². The molecule has 0 radical (unpaired) electrons. The van der Waals surface area contributed by atoms with Crippen molar-refractivity contribution in [3.63, 3.8) is 0 Å². The number of ketones is 1. The molecule has 4 heteroatoms. The monoisotopic (exact) mass is 268 g/mol. The Bertz CT molecular complexity index is 395. The van der Waals surface area contributed by atoms with Crippen molar-refractivity contribution in [3.05, 3.63) is 0 Å². The van der Waals surface area contributed by atoms with Crippen molar-refractivity contribution < 1.29 is 19.4 Å². The van der Waals surface area contributed by atoms with Crippen molar-refractivity contribution in [1.82, 2.24) is 0 Å². The molecule has 2 aliphatic rings. The molecule has 19 heavy (non-hydrogen) atoms. The van der Waals surface area contributed by atoms with Crippen LogP contribution < -0.4 is 0 Å². The highest BCUT2D eigenvalue weighted by atomic mass is 16.5. The lowest BCUT2D eigenvalue weighted by atomic mass is 9.63. The summed E-state index contributed by atoms with van der Waals surface area (Å²) in [5.74, 6) is -1.96. The molecule has 2 fully saturated rings. The van der Waals surface area contributed by atoms with Gasteiger partial charge in [-0.05, 0) is 51.4 Å². The molecule has 0 bridgehead atoms. The molecule has 0 spiro atoms. The van der Waals surface area contributed by atoms with Crippen LogP contribution in [0.3, 0.4) is 0 Å². The molecule has 108 valence electrons. The molecule has 0 heterocycles. The van der Waals surface area contributed by atoms with Gasteiger partial charge >= 0.3 is 5.97 Å². The second kappa shape index (κ2) is 4.58. The topological polar surface area (TPSA) is 63.6 Å². The van der Waals surface area contributed by atoms with Crippen LogP contribution in [-0.4, -0.2) is 28.6 Å². The Morgan fingerprint density at radius 1 is 1.37 bits per heavy atom. The Balaban J connectivity index is 2.25. The average molecular weight is 268 g/mol. The van der Waals surface area contributed by atoms with Crippen LogP contribution in [0.5, 0.6) is 0 Å². The van der Waals surface area contributed by atoms with Crippen LogP contribution in [0.15, 0.2) is 0 Å². The van der Waals surface area contributed by atoms with Crippen LogP contribution in [0.2, 0.25) is 0 Å². The van der Waals surface area contributed by atoms with Gasteiger partial charge in [-0.15, -0.1) is 0 Å². The summed E-state index contributed by atoms with van der Waals surface area (Å²) in [6, 6.07) is 0. The van der Waals surface area contributed by atoms with E-state index < -0.39 is 11.9 Å². The third kappa shape index (κ3) is 2.55. The van der Waals surface area contributed by atoms with Gasteiger partial charge in [0.25, 0.3) is 0 Å². The number of rotatable bonds is 2. The van der Waals surface area contributed by atoms with E-state index in [-0.39, 0.29) is 28.8 Å². The number of ether oxygens (including phenoxy) is 1. The molecule has 4 nitrogen and oxygen atoms in total. The molecule has 1 N–H and O–H groups in total. The Morgan fingerprint density at radius 3 is 2.53 bits per heavy atom. The summed E-state index contributed by atoms with van der Waals surface area (Å²) in [6.07, 6.45) is 2.82. The first-order chi connectivity index (χ1) is 8.65. The Hall–Kier alpha value is -0.900. The normalized spacial score (nSPS) is 39.2. The van der Waals surface area contributed by atoms with Gasteiger partial charge in [0.2, 0.25) is 0 Å². The average Bonchev–Trinajstić information content (AvgIpc) is 2.54. The first-order valence-electron chi connectivity index (χ1n) is 7.08. The molecule has 0 aromatic carbocycles. The minimum absolute atomic E-state index is 0.0625. The van der Waals surface area contributed by atoms with Gasteiger partial charge in [-0.2, -0.15) is 0 Å². The molecule has 2 rings (SSSR count). The summed E-state index contributed by atoms with van der Waals surface area (Å²) in [5.41, 5.74) is -0.410. The quantitative estimate of drug-likeness (QED) is 0.782. The zero-order valence-corrected chi connectivity index (χ0v) is 12.2. The first kappa shape index (κ1) is 14.5. The van der Waals surface area contributed by atoms with Gasteiger partial charge in [0.15, 0.2) is 0 Å². The summed E-state index contributed by atoms with van der Waals surface area (Å²) in [6.45, 7) is 8.16.